The highest BCUT2D eigenvalue weighted by Gasteiger charge is 2.16. The van der Waals surface area contributed by atoms with Crippen LogP contribution in [0.2, 0.25) is 0 Å². The first-order valence-corrected chi connectivity index (χ1v) is 5.95. The van der Waals surface area contributed by atoms with E-state index in [0.717, 1.165) is 37.2 Å². The SMILES string of the molecule is Cn1c(C2=CCCC=C2)nc2c1CCC=C2. The number of nitrogens with zero attached hydrogens (tertiary/aromatic N) is 2. The number of aromatic nitrogens is 2. The Morgan fingerprint density at radius 2 is 2.00 bits per heavy atom. The van der Waals surface area contributed by atoms with Crippen molar-refractivity contribution in [3.8, 4) is 0 Å². The highest BCUT2D eigenvalue weighted by Crippen LogP contribution is 2.25. The summed E-state index contributed by atoms with van der Waals surface area (Å²) in [4.78, 5) is 4.73. The zero-order valence-electron chi connectivity index (χ0n) is 9.61. The van der Waals surface area contributed by atoms with Gasteiger partial charge in [-0.1, -0.05) is 24.3 Å². The molecule has 0 spiro atoms. The molecule has 0 atom stereocenters. The van der Waals surface area contributed by atoms with Crippen LogP contribution in [0.1, 0.15) is 36.5 Å². The van der Waals surface area contributed by atoms with Crippen LogP contribution in [0.15, 0.2) is 24.3 Å². The van der Waals surface area contributed by atoms with Gasteiger partial charge >= 0.3 is 0 Å². The molecule has 3 rings (SSSR count). The minimum atomic E-state index is 1.12. The molecule has 0 N–H and O–H groups in total. The molecule has 0 saturated carbocycles. The van der Waals surface area contributed by atoms with Gasteiger partial charge in [-0.15, -0.1) is 0 Å². The smallest absolute Gasteiger partial charge is 0.140 e. The Bertz CT molecular complexity index is 501. The molecule has 0 bridgehead atoms. The fourth-order valence-corrected chi connectivity index (χ4v) is 2.43. The van der Waals surface area contributed by atoms with Crippen molar-refractivity contribution in [2.24, 2.45) is 7.05 Å². The molecule has 0 radical (unpaired) electrons. The molecule has 0 aromatic carbocycles. The minimum Gasteiger partial charge on any atom is -0.331 e. The first kappa shape index (κ1) is 9.64. The van der Waals surface area contributed by atoms with Gasteiger partial charge in [-0.3, -0.25) is 0 Å². The maximum absolute atomic E-state index is 4.73. The average Bonchev–Trinajstić information content (AvgIpc) is 2.69. The molecule has 1 heterocycles. The highest BCUT2D eigenvalue weighted by atomic mass is 15.1. The summed E-state index contributed by atoms with van der Waals surface area (Å²) < 4.78 is 2.25. The van der Waals surface area contributed by atoms with E-state index in [2.05, 4.69) is 42.0 Å². The third-order valence-electron chi connectivity index (χ3n) is 3.32. The fourth-order valence-electron chi connectivity index (χ4n) is 2.43. The van der Waals surface area contributed by atoms with Gasteiger partial charge in [0.15, 0.2) is 0 Å². The van der Waals surface area contributed by atoms with Gasteiger partial charge in [0.05, 0.1) is 5.69 Å². The summed E-state index contributed by atoms with van der Waals surface area (Å²) in [6, 6.07) is 0. The summed E-state index contributed by atoms with van der Waals surface area (Å²) in [5.74, 6) is 1.12. The largest absolute Gasteiger partial charge is 0.331 e. The number of rotatable bonds is 1. The summed E-state index contributed by atoms with van der Waals surface area (Å²) in [7, 11) is 2.13. The van der Waals surface area contributed by atoms with Crippen LogP contribution in [0.5, 0.6) is 0 Å². The Hall–Kier alpha value is -1.57. The average molecular weight is 212 g/mol. The molecule has 2 heteroatoms. The Kier molecular flexibility index (Phi) is 2.28. The lowest BCUT2D eigenvalue weighted by atomic mass is 10.1. The normalized spacial score (nSPS) is 18.4. The van der Waals surface area contributed by atoms with Crippen molar-refractivity contribution in [1.29, 1.82) is 0 Å². The van der Waals surface area contributed by atoms with Crippen molar-refractivity contribution in [2.75, 3.05) is 0 Å². The predicted molar refractivity (Wildman–Crippen MR) is 66.9 cm³/mol. The first-order chi connectivity index (χ1) is 7.86. The second kappa shape index (κ2) is 3.78. The molecule has 0 amide bonds. The second-order valence-corrected chi connectivity index (χ2v) is 4.41. The maximum atomic E-state index is 4.73. The number of hydrogen-bond acceptors (Lipinski definition) is 1. The van der Waals surface area contributed by atoms with E-state index < -0.39 is 0 Å². The minimum absolute atomic E-state index is 1.12. The van der Waals surface area contributed by atoms with E-state index in [1.807, 2.05) is 0 Å². The van der Waals surface area contributed by atoms with Crippen LogP contribution >= 0.6 is 0 Å². The van der Waals surface area contributed by atoms with Crippen LogP contribution in [0, 0.1) is 0 Å². The quantitative estimate of drug-likeness (QED) is 0.699. The first-order valence-electron chi connectivity index (χ1n) is 5.95. The topological polar surface area (TPSA) is 17.8 Å². The van der Waals surface area contributed by atoms with Gasteiger partial charge in [-0.2, -0.15) is 0 Å². The second-order valence-electron chi connectivity index (χ2n) is 4.41. The molecule has 16 heavy (non-hydrogen) atoms. The van der Waals surface area contributed by atoms with Crippen molar-refractivity contribution in [3.63, 3.8) is 0 Å². The van der Waals surface area contributed by atoms with Gasteiger partial charge in [-0.25, -0.2) is 4.98 Å². The summed E-state index contributed by atoms with van der Waals surface area (Å²) in [6.07, 6.45) is 15.6. The third-order valence-corrected chi connectivity index (χ3v) is 3.32. The number of fused-ring (bicyclic) bond motifs is 1. The standard InChI is InChI=1S/C14H16N2/c1-16-13-10-6-5-9-12(13)15-14(16)11-7-3-2-4-8-11/h3,5,7-9H,2,4,6,10H2,1H3. The van der Waals surface area contributed by atoms with E-state index in [4.69, 9.17) is 4.98 Å². The summed E-state index contributed by atoms with van der Waals surface area (Å²) >= 11 is 0. The monoisotopic (exact) mass is 212 g/mol. The van der Waals surface area contributed by atoms with Gasteiger partial charge in [0.1, 0.15) is 5.82 Å². The number of allylic oxidation sites excluding steroid dienone is 5. The molecule has 0 aliphatic heterocycles. The van der Waals surface area contributed by atoms with Crippen LogP contribution in [0.25, 0.3) is 11.6 Å². The van der Waals surface area contributed by atoms with Crippen LogP contribution in [0.3, 0.4) is 0 Å². The van der Waals surface area contributed by atoms with E-state index in [-0.39, 0.29) is 0 Å². The van der Waals surface area contributed by atoms with E-state index in [0.29, 0.717) is 0 Å². The van der Waals surface area contributed by atoms with Crippen molar-refractivity contribution in [2.45, 2.75) is 25.7 Å². The zero-order valence-corrected chi connectivity index (χ0v) is 9.61. The molecule has 0 unspecified atom stereocenters. The van der Waals surface area contributed by atoms with Crippen LogP contribution in [0.4, 0.5) is 0 Å². The van der Waals surface area contributed by atoms with E-state index in [1.165, 1.54) is 11.3 Å². The van der Waals surface area contributed by atoms with E-state index in [1.54, 1.807) is 0 Å². The van der Waals surface area contributed by atoms with Gasteiger partial charge < -0.3 is 4.57 Å². The summed E-state index contributed by atoms with van der Waals surface area (Å²) in [6.45, 7) is 0. The summed E-state index contributed by atoms with van der Waals surface area (Å²) in [5.41, 5.74) is 3.80. The molecule has 0 fully saturated rings. The molecular formula is C14H16N2. The number of hydrogen-bond donors (Lipinski definition) is 0. The van der Waals surface area contributed by atoms with Crippen molar-refractivity contribution >= 4 is 11.6 Å². The molecule has 82 valence electrons. The molecule has 1 aromatic rings. The lowest BCUT2D eigenvalue weighted by Crippen LogP contribution is -2.03. The van der Waals surface area contributed by atoms with Crippen molar-refractivity contribution < 1.29 is 0 Å². The van der Waals surface area contributed by atoms with Gasteiger partial charge in [-0.05, 0) is 31.8 Å². The lowest BCUT2D eigenvalue weighted by Gasteiger charge is -2.09. The Labute approximate surface area is 96.0 Å². The molecule has 2 nitrogen and oxygen atoms in total. The van der Waals surface area contributed by atoms with Crippen LogP contribution in [-0.4, -0.2) is 9.55 Å². The van der Waals surface area contributed by atoms with Gasteiger partial charge in [0.25, 0.3) is 0 Å². The molecule has 2 aliphatic rings. The molecule has 1 aromatic heterocycles. The van der Waals surface area contributed by atoms with Crippen LogP contribution < -0.4 is 0 Å². The molecular weight excluding hydrogens is 196 g/mol. The predicted octanol–water partition coefficient (Wildman–Crippen LogP) is 3.11. The Morgan fingerprint density at radius 1 is 1.12 bits per heavy atom. The maximum Gasteiger partial charge on any atom is 0.140 e. The molecule has 0 saturated heterocycles. The highest BCUT2D eigenvalue weighted by molar-refractivity contribution is 5.72. The fraction of sp³-hybridized carbons (Fsp3) is 0.357. The van der Waals surface area contributed by atoms with E-state index >= 15 is 0 Å². The van der Waals surface area contributed by atoms with Gasteiger partial charge in [0, 0.05) is 18.3 Å². The van der Waals surface area contributed by atoms with E-state index in [9.17, 15) is 0 Å². The number of imidazole rings is 1. The molecule has 2 aliphatic carbocycles. The summed E-state index contributed by atoms with van der Waals surface area (Å²) in [5, 5.41) is 0. The Balaban J connectivity index is 2.08. The van der Waals surface area contributed by atoms with Crippen LogP contribution in [-0.2, 0) is 13.5 Å². The lowest BCUT2D eigenvalue weighted by molar-refractivity contribution is 0.791. The van der Waals surface area contributed by atoms with Crippen molar-refractivity contribution in [3.05, 3.63) is 41.5 Å². The van der Waals surface area contributed by atoms with Gasteiger partial charge in [0.2, 0.25) is 0 Å². The third kappa shape index (κ3) is 1.45. The van der Waals surface area contributed by atoms with Crippen molar-refractivity contribution in [1.82, 2.24) is 9.55 Å². The zero-order chi connectivity index (χ0) is 11.0. The Morgan fingerprint density at radius 3 is 2.75 bits per heavy atom.